The first-order valence-corrected chi connectivity index (χ1v) is 9.76. The summed E-state index contributed by atoms with van der Waals surface area (Å²) in [5.74, 6) is -0.642. The summed E-state index contributed by atoms with van der Waals surface area (Å²) >= 11 is 0. The minimum absolute atomic E-state index is 0.183. The maximum atomic E-state index is 12.3. The van der Waals surface area contributed by atoms with Crippen LogP contribution in [0.3, 0.4) is 0 Å². The number of nitrogens with one attached hydrogen (secondary N) is 2. The van der Waals surface area contributed by atoms with E-state index in [4.69, 9.17) is 0 Å². The lowest BCUT2D eigenvalue weighted by Crippen LogP contribution is -2.43. The zero-order chi connectivity index (χ0) is 20.9. The van der Waals surface area contributed by atoms with Crippen LogP contribution < -0.4 is 10.1 Å². The van der Waals surface area contributed by atoms with Crippen LogP contribution in [0.5, 0.6) is 0 Å². The third-order valence-corrected chi connectivity index (χ3v) is 5.44. The molecule has 0 bridgehead atoms. The number of sulfonamides is 1. The Balaban J connectivity index is 2.03. The first-order chi connectivity index (χ1) is 13.1. The molecule has 0 saturated carbocycles. The van der Waals surface area contributed by atoms with E-state index in [1.807, 2.05) is 31.2 Å². The number of non-ortho nitro benzene ring substituents is 1. The zero-order valence-electron chi connectivity index (χ0n) is 15.5. The summed E-state index contributed by atoms with van der Waals surface area (Å²) in [5, 5.41) is 14.6. The Kier molecular flexibility index (Phi) is 6.60. The number of nitrogens with zero attached hydrogens (tertiary/aromatic N) is 2. The molecule has 2 aromatic rings. The van der Waals surface area contributed by atoms with E-state index < -0.39 is 26.9 Å². The Bertz CT molecular complexity index is 999. The predicted octanol–water partition coefficient (Wildman–Crippen LogP) is 2.11. The van der Waals surface area contributed by atoms with E-state index in [-0.39, 0.29) is 10.6 Å². The lowest BCUT2D eigenvalue weighted by atomic mass is 10.1. The Morgan fingerprint density at radius 2 is 1.68 bits per heavy atom. The summed E-state index contributed by atoms with van der Waals surface area (Å²) in [4.78, 5) is 22.0. The second-order valence-electron chi connectivity index (χ2n) is 6.13. The first kappa shape index (κ1) is 21.2. The van der Waals surface area contributed by atoms with E-state index in [9.17, 15) is 23.3 Å². The number of hydrazone groups is 1. The van der Waals surface area contributed by atoms with Crippen molar-refractivity contribution in [3.05, 3.63) is 69.8 Å². The van der Waals surface area contributed by atoms with Gasteiger partial charge in [-0.3, -0.25) is 14.9 Å². The average Bonchev–Trinajstić information content (AvgIpc) is 2.66. The molecule has 10 heteroatoms. The highest BCUT2D eigenvalue weighted by Gasteiger charge is 2.22. The number of amides is 1. The van der Waals surface area contributed by atoms with E-state index in [1.54, 1.807) is 6.92 Å². The molecule has 1 atom stereocenters. The minimum Gasteiger partial charge on any atom is -0.271 e. The molecule has 0 aliphatic heterocycles. The second kappa shape index (κ2) is 8.72. The summed E-state index contributed by atoms with van der Waals surface area (Å²) in [6, 6.07) is 10.8. The number of aryl methyl sites for hydroxylation is 1. The number of carbonyl (C=O) groups excluding carboxylic acids is 1. The monoisotopic (exact) mass is 404 g/mol. The Morgan fingerprint density at radius 1 is 1.11 bits per heavy atom. The van der Waals surface area contributed by atoms with Gasteiger partial charge in [0.2, 0.25) is 10.0 Å². The molecule has 0 spiro atoms. The number of rotatable bonds is 7. The van der Waals surface area contributed by atoms with Crippen LogP contribution in [0.25, 0.3) is 0 Å². The van der Waals surface area contributed by atoms with Gasteiger partial charge in [0.05, 0.1) is 21.6 Å². The number of carbonyl (C=O) groups is 1. The van der Waals surface area contributed by atoms with Crippen LogP contribution >= 0.6 is 0 Å². The fourth-order valence-electron chi connectivity index (χ4n) is 2.20. The Labute approximate surface area is 162 Å². The maximum absolute atomic E-state index is 12.3. The normalized spacial score (nSPS) is 13.0. The van der Waals surface area contributed by atoms with E-state index in [0.29, 0.717) is 5.71 Å². The van der Waals surface area contributed by atoms with Crippen molar-refractivity contribution in [3.63, 3.8) is 0 Å². The third-order valence-electron chi connectivity index (χ3n) is 3.89. The van der Waals surface area contributed by atoms with E-state index >= 15 is 0 Å². The minimum atomic E-state index is -4.02. The van der Waals surface area contributed by atoms with Gasteiger partial charge in [0.15, 0.2) is 0 Å². The quantitative estimate of drug-likeness (QED) is 0.414. The largest absolute Gasteiger partial charge is 0.271 e. The van der Waals surface area contributed by atoms with Gasteiger partial charge in [-0.1, -0.05) is 29.8 Å². The molecule has 2 aromatic carbocycles. The number of nitro benzene ring substituents is 1. The standard InChI is InChI=1S/C18H20N4O5S/c1-12-4-6-15(7-5-12)13(2)19-20-18(23)14(3)21-28(26,27)17-10-8-16(9-11-17)22(24)25/h4-11,14,21H,1-3H3,(H,20,23)/b19-13+/t14-/m0/s1. The van der Waals surface area contributed by atoms with Crippen molar-refractivity contribution >= 4 is 27.3 Å². The SMILES string of the molecule is C/C(=N\NC(=O)[C@H](C)NS(=O)(=O)c1ccc([N+](=O)[O-])cc1)c1ccc(C)cc1. The fraction of sp³-hybridized carbons (Fsp3) is 0.222. The van der Waals surface area contributed by atoms with Crippen LogP contribution in [0.15, 0.2) is 58.5 Å². The van der Waals surface area contributed by atoms with Gasteiger partial charge in [0, 0.05) is 12.1 Å². The molecule has 28 heavy (non-hydrogen) atoms. The van der Waals surface area contributed by atoms with Crippen molar-refractivity contribution in [2.75, 3.05) is 0 Å². The Hall–Kier alpha value is -3.11. The molecular weight excluding hydrogens is 384 g/mol. The molecule has 0 saturated heterocycles. The highest BCUT2D eigenvalue weighted by atomic mass is 32.2. The zero-order valence-corrected chi connectivity index (χ0v) is 16.4. The van der Waals surface area contributed by atoms with Crippen molar-refractivity contribution in [2.45, 2.75) is 31.7 Å². The molecule has 0 radical (unpaired) electrons. The summed E-state index contributed by atoms with van der Waals surface area (Å²) in [5.41, 5.74) is 4.58. The lowest BCUT2D eigenvalue weighted by molar-refractivity contribution is -0.384. The van der Waals surface area contributed by atoms with E-state index in [2.05, 4.69) is 15.2 Å². The van der Waals surface area contributed by atoms with Crippen molar-refractivity contribution in [1.82, 2.24) is 10.1 Å². The highest BCUT2D eigenvalue weighted by Crippen LogP contribution is 2.16. The third kappa shape index (κ3) is 5.44. The van der Waals surface area contributed by atoms with Crippen LogP contribution in [-0.2, 0) is 14.8 Å². The molecule has 2 N–H and O–H groups in total. The number of nitro groups is 1. The smallest absolute Gasteiger partial charge is 0.269 e. The molecule has 0 unspecified atom stereocenters. The fourth-order valence-corrected chi connectivity index (χ4v) is 3.40. The lowest BCUT2D eigenvalue weighted by Gasteiger charge is -2.13. The van der Waals surface area contributed by atoms with Crippen molar-refractivity contribution in [1.29, 1.82) is 0 Å². The maximum Gasteiger partial charge on any atom is 0.269 e. The summed E-state index contributed by atoms with van der Waals surface area (Å²) in [6.07, 6.45) is 0. The molecule has 0 aliphatic rings. The molecule has 148 valence electrons. The first-order valence-electron chi connectivity index (χ1n) is 8.28. The van der Waals surface area contributed by atoms with Gasteiger partial charge in [0.1, 0.15) is 0 Å². The van der Waals surface area contributed by atoms with Crippen LogP contribution in [0.4, 0.5) is 5.69 Å². The summed E-state index contributed by atoms with van der Waals surface area (Å²) in [6.45, 7) is 5.04. The molecule has 0 heterocycles. The van der Waals surface area contributed by atoms with Crippen molar-refractivity contribution in [2.24, 2.45) is 5.10 Å². The van der Waals surface area contributed by atoms with Gasteiger partial charge in [-0.2, -0.15) is 9.82 Å². The number of hydrogen-bond donors (Lipinski definition) is 2. The Morgan fingerprint density at radius 3 is 2.21 bits per heavy atom. The molecule has 0 aromatic heterocycles. The molecule has 9 nitrogen and oxygen atoms in total. The predicted molar refractivity (Wildman–Crippen MR) is 104 cm³/mol. The number of benzene rings is 2. The number of hydrogen-bond acceptors (Lipinski definition) is 6. The summed E-state index contributed by atoms with van der Waals surface area (Å²) in [7, 11) is -4.02. The van der Waals surface area contributed by atoms with E-state index in [1.165, 1.54) is 6.92 Å². The van der Waals surface area contributed by atoms with Gasteiger partial charge in [-0.15, -0.1) is 0 Å². The average molecular weight is 404 g/mol. The van der Waals surface area contributed by atoms with Gasteiger partial charge in [0.25, 0.3) is 11.6 Å². The molecule has 0 aliphatic carbocycles. The van der Waals surface area contributed by atoms with Crippen LogP contribution in [0.1, 0.15) is 25.0 Å². The van der Waals surface area contributed by atoms with Gasteiger partial charge >= 0.3 is 0 Å². The van der Waals surface area contributed by atoms with Crippen LogP contribution in [0.2, 0.25) is 0 Å². The topological polar surface area (TPSA) is 131 Å². The second-order valence-corrected chi connectivity index (χ2v) is 7.85. The van der Waals surface area contributed by atoms with Gasteiger partial charge in [-0.05, 0) is 38.5 Å². The van der Waals surface area contributed by atoms with Crippen LogP contribution in [-0.4, -0.2) is 31.0 Å². The van der Waals surface area contributed by atoms with Gasteiger partial charge < -0.3 is 0 Å². The molecule has 1 amide bonds. The van der Waals surface area contributed by atoms with Crippen molar-refractivity contribution in [3.8, 4) is 0 Å². The summed E-state index contributed by atoms with van der Waals surface area (Å²) < 4.78 is 26.9. The molecule has 0 fully saturated rings. The van der Waals surface area contributed by atoms with Crippen LogP contribution in [0, 0.1) is 17.0 Å². The van der Waals surface area contributed by atoms with Gasteiger partial charge in [-0.25, -0.2) is 13.8 Å². The molecular formula is C18H20N4O5S. The van der Waals surface area contributed by atoms with Crippen molar-refractivity contribution < 1.29 is 18.1 Å². The van der Waals surface area contributed by atoms with E-state index in [0.717, 1.165) is 35.4 Å². The molecule has 2 rings (SSSR count). The highest BCUT2D eigenvalue weighted by molar-refractivity contribution is 7.89.